The molecule has 8 nitrogen and oxygen atoms in total. The largest absolute Gasteiger partial charge is 0.472 e. The third-order valence-corrected chi connectivity index (χ3v) is 10.2. The van der Waals surface area contributed by atoms with E-state index < -0.39 is 19.5 Å². The number of hydrogen-bond acceptors (Lipinski definition) is 6. The van der Waals surface area contributed by atoms with Gasteiger partial charge in [-0.05, 0) is 23.1 Å². The Morgan fingerprint density at radius 3 is 1.50 bits per heavy atom. The van der Waals surface area contributed by atoms with Crippen LogP contribution in [0.3, 0.4) is 0 Å². The van der Waals surface area contributed by atoms with Crippen molar-refractivity contribution < 1.29 is 37.3 Å². The lowest BCUT2D eigenvalue weighted by Crippen LogP contribution is -2.38. The molecule has 0 aromatic heterocycles. The number of benzene rings is 3. The summed E-state index contributed by atoms with van der Waals surface area (Å²) in [5.41, 5.74) is 1.61. The summed E-state index contributed by atoms with van der Waals surface area (Å²) in [5, 5.41) is 0. The molecule has 0 amide bonds. The zero-order valence-electron chi connectivity index (χ0n) is 32.3. The average Bonchev–Trinajstić information content (AvgIpc) is 3.13. The zero-order chi connectivity index (χ0) is 37.5. The minimum Gasteiger partial charge on any atom is -0.457 e. The second-order valence-corrected chi connectivity index (χ2v) is 16.3. The highest BCUT2D eigenvalue weighted by Gasteiger charge is 2.39. The predicted octanol–water partition coefficient (Wildman–Crippen LogP) is 10.2. The molecule has 0 aliphatic rings. The molecule has 3 rings (SSSR count). The highest BCUT2D eigenvalue weighted by molar-refractivity contribution is 7.47. The molecule has 288 valence electrons. The molecule has 0 bridgehead atoms. The van der Waals surface area contributed by atoms with Crippen molar-refractivity contribution >= 4 is 13.8 Å². The van der Waals surface area contributed by atoms with Crippen molar-refractivity contribution in [3.63, 3.8) is 0 Å². The number of likely N-dealkylation sites (N-methyl/N-ethyl adjacent to an activating group) is 1. The van der Waals surface area contributed by atoms with Gasteiger partial charge in [-0.3, -0.25) is 13.8 Å². The number of ether oxygens (including phenoxy) is 2. The molecule has 0 saturated carbocycles. The number of nitrogens with zero attached hydrogens (tertiary/aromatic N) is 1. The normalized spacial score (nSPS) is 13.8. The molecule has 52 heavy (non-hydrogen) atoms. The van der Waals surface area contributed by atoms with Crippen LogP contribution in [0.15, 0.2) is 91.0 Å². The molecule has 1 N–H and O–H groups in total. The van der Waals surface area contributed by atoms with E-state index in [2.05, 4.69) is 6.92 Å². The standard InChI is InChI=1S/C43H64NO7P/c1-5-6-7-8-9-10-11-12-13-14-15-16-26-33-42(45)51-41(37-50-52(46,47)49-35-34-44(2,3)4)36-48-43(38-27-20-17-21-28-38,39-29-22-18-23-30-39)40-31-24-19-25-32-40/h17-25,27-32,41H,5-16,26,33-37H2,1-4H3/p+1/t41-/m1/s1. The maximum Gasteiger partial charge on any atom is 0.472 e. The summed E-state index contributed by atoms with van der Waals surface area (Å²) in [5.74, 6) is -0.385. The van der Waals surface area contributed by atoms with Crippen LogP contribution in [0.2, 0.25) is 0 Å². The number of quaternary nitrogens is 1. The van der Waals surface area contributed by atoms with Crippen LogP contribution < -0.4 is 0 Å². The molecule has 0 fully saturated rings. The fourth-order valence-electron chi connectivity index (χ4n) is 6.28. The smallest absolute Gasteiger partial charge is 0.457 e. The maximum atomic E-state index is 13.2. The van der Waals surface area contributed by atoms with Gasteiger partial charge in [-0.25, -0.2) is 4.57 Å². The van der Waals surface area contributed by atoms with Crippen molar-refractivity contribution in [2.24, 2.45) is 0 Å². The van der Waals surface area contributed by atoms with Crippen molar-refractivity contribution in [1.82, 2.24) is 0 Å². The fourth-order valence-corrected chi connectivity index (χ4v) is 7.02. The molecule has 1 unspecified atom stereocenters. The van der Waals surface area contributed by atoms with Crippen molar-refractivity contribution in [3.05, 3.63) is 108 Å². The van der Waals surface area contributed by atoms with E-state index in [1.54, 1.807) is 0 Å². The molecule has 0 spiro atoms. The summed E-state index contributed by atoms with van der Waals surface area (Å²) in [4.78, 5) is 23.7. The summed E-state index contributed by atoms with van der Waals surface area (Å²) in [6.07, 6.45) is 15.1. The van der Waals surface area contributed by atoms with Crippen LogP contribution in [-0.2, 0) is 33.5 Å². The molecule has 3 aromatic rings. The van der Waals surface area contributed by atoms with Gasteiger partial charge in [0.15, 0.2) is 0 Å². The van der Waals surface area contributed by atoms with Gasteiger partial charge in [-0.15, -0.1) is 0 Å². The van der Waals surface area contributed by atoms with Crippen LogP contribution in [0.25, 0.3) is 0 Å². The Morgan fingerprint density at radius 1 is 0.654 bits per heavy atom. The lowest BCUT2D eigenvalue weighted by Gasteiger charge is -2.37. The number of carbonyl (C=O) groups is 1. The van der Waals surface area contributed by atoms with E-state index in [9.17, 15) is 14.3 Å². The van der Waals surface area contributed by atoms with Gasteiger partial charge in [0.25, 0.3) is 0 Å². The zero-order valence-corrected chi connectivity index (χ0v) is 33.2. The van der Waals surface area contributed by atoms with Gasteiger partial charge in [0.05, 0.1) is 34.4 Å². The second kappa shape index (κ2) is 23.7. The van der Waals surface area contributed by atoms with E-state index in [4.69, 9.17) is 18.5 Å². The third-order valence-electron chi connectivity index (χ3n) is 9.25. The molecule has 0 saturated heterocycles. The minimum absolute atomic E-state index is 0.0381. The van der Waals surface area contributed by atoms with Gasteiger partial charge >= 0.3 is 13.8 Å². The molecule has 0 aliphatic carbocycles. The first-order chi connectivity index (χ1) is 25.1. The molecule has 3 aromatic carbocycles. The topological polar surface area (TPSA) is 91.3 Å². The van der Waals surface area contributed by atoms with Crippen LogP contribution >= 0.6 is 7.82 Å². The van der Waals surface area contributed by atoms with Crippen molar-refractivity contribution in [2.45, 2.75) is 109 Å². The molecule has 2 atom stereocenters. The summed E-state index contributed by atoms with van der Waals surface area (Å²) in [7, 11) is 1.48. The SMILES string of the molecule is CCCCCCCCCCCCCCCC(=O)O[C@H](COC(c1ccccc1)(c1ccccc1)c1ccccc1)COP(=O)(O)OCC[N+](C)(C)C. The predicted molar refractivity (Wildman–Crippen MR) is 210 cm³/mol. The lowest BCUT2D eigenvalue weighted by atomic mass is 9.80. The van der Waals surface area contributed by atoms with E-state index in [0.717, 1.165) is 36.0 Å². The molecule has 0 radical (unpaired) electrons. The van der Waals surface area contributed by atoms with Gasteiger partial charge in [0.1, 0.15) is 24.9 Å². The number of carbonyl (C=O) groups excluding carboxylic acids is 1. The molecule has 0 aliphatic heterocycles. The van der Waals surface area contributed by atoms with Gasteiger partial charge in [-0.1, -0.05) is 175 Å². The highest BCUT2D eigenvalue weighted by Crippen LogP contribution is 2.44. The minimum atomic E-state index is -4.42. The fraction of sp³-hybridized carbons (Fsp3) is 0.558. The van der Waals surface area contributed by atoms with Crippen LogP contribution in [0.4, 0.5) is 0 Å². The Labute approximate surface area is 314 Å². The molecule has 0 heterocycles. The van der Waals surface area contributed by atoms with Crippen molar-refractivity contribution in [3.8, 4) is 0 Å². The molecule has 9 heteroatoms. The summed E-state index contributed by atoms with van der Waals surface area (Å²) in [6.45, 7) is 2.35. The van der Waals surface area contributed by atoms with E-state index in [1.807, 2.05) is 112 Å². The third kappa shape index (κ3) is 16.4. The number of phosphoric ester groups is 1. The monoisotopic (exact) mass is 738 g/mol. The molecular weight excluding hydrogens is 673 g/mol. The van der Waals surface area contributed by atoms with Gasteiger partial charge < -0.3 is 18.9 Å². The van der Waals surface area contributed by atoms with E-state index in [-0.39, 0.29) is 32.2 Å². The Hall–Kier alpha value is -2.84. The Balaban J connectivity index is 1.66. The van der Waals surface area contributed by atoms with Crippen LogP contribution in [0.5, 0.6) is 0 Å². The number of rotatable bonds is 28. The first-order valence-electron chi connectivity index (χ1n) is 19.5. The number of phosphoric acid groups is 1. The average molecular weight is 739 g/mol. The Kier molecular flexibility index (Phi) is 19.9. The number of unbranched alkanes of at least 4 members (excludes halogenated alkanes) is 12. The van der Waals surface area contributed by atoms with E-state index in [1.165, 1.54) is 64.2 Å². The highest BCUT2D eigenvalue weighted by atomic mass is 31.2. The van der Waals surface area contributed by atoms with Crippen LogP contribution in [0, 0.1) is 0 Å². The van der Waals surface area contributed by atoms with Gasteiger partial charge in [0, 0.05) is 6.42 Å². The molecular formula is C43H65NO7P+. The maximum absolute atomic E-state index is 13.2. The van der Waals surface area contributed by atoms with E-state index in [0.29, 0.717) is 11.0 Å². The summed E-state index contributed by atoms with van der Waals surface area (Å²) >= 11 is 0. The number of esters is 1. The van der Waals surface area contributed by atoms with Crippen LogP contribution in [0.1, 0.15) is 114 Å². The van der Waals surface area contributed by atoms with Gasteiger partial charge in [-0.2, -0.15) is 0 Å². The summed E-state index contributed by atoms with van der Waals surface area (Å²) in [6, 6.07) is 29.7. The van der Waals surface area contributed by atoms with Gasteiger partial charge in [0.2, 0.25) is 0 Å². The quantitative estimate of drug-likeness (QED) is 0.0261. The number of hydrogen-bond donors (Lipinski definition) is 1. The van der Waals surface area contributed by atoms with Crippen LogP contribution in [-0.4, -0.2) is 69.0 Å². The Bertz CT molecular complexity index is 1320. The Morgan fingerprint density at radius 2 is 1.08 bits per heavy atom. The summed E-state index contributed by atoms with van der Waals surface area (Å²) < 4.78 is 37.0. The first-order valence-corrected chi connectivity index (χ1v) is 21.0. The first kappa shape index (κ1) is 43.6. The van der Waals surface area contributed by atoms with Crippen molar-refractivity contribution in [1.29, 1.82) is 0 Å². The second-order valence-electron chi connectivity index (χ2n) is 14.8. The lowest BCUT2D eigenvalue weighted by molar-refractivity contribution is -0.870. The van der Waals surface area contributed by atoms with Crippen molar-refractivity contribution in [2.75, 3.05) is 47.5 Å². The van der Waals surface area contributed by atoms with E-state index >= 15 is 0 Å².